The normalized spacial score (nSPS) is 11.4. The van der Waals surface area contributed by atoms with Crippen molar-refractivity contribution in [1.82, 2.24) is 19.6 Å². The lowest BCUT2D eigenvalue weighted by Gasteiger charge is -2.14. The molecule has 1 heterocycles. The number of aryl methyl sites for hydroxylation is 1. The highest BCUT2D eigenvalue weighted by atomic mass is 32.2. The van der Waals surface area contributed by atoms with Gasteiger partial charge in [0.05, 0.1) is 21.5 Å². The molecule has 204 valence electrons. The van der Waals surface area contributed by atoms with Gasteiger partial charge in [-0.3, -0.25) is 0 Å². The number of fused-ring (bicyclic) bond motifs is 1. The van der Waals surface area contributed by atoms with Crippen molar-refractivity contribution in [2.24, 2.45) is 0 Å². The predicted octanol–water partition coefficient (Wildman–Crippen LogP) is 5.19. The van der Waals surface area contributed by atoms with Crippen molar-refractivity contribution in [1.29, 1.82) is 0 Å². The maximum absolute atomic E-state index is 13.0. The van der Waals surface area contributed by atoms with Gasteiger partial charge in [0.2, 0.25) is 0 Å². The molecule has 3 aromatic carbocycles. The van der Waals surface area contributed by atoms with E-state index in [1.165, 1.54) is 6.07 Å². The van der Waals surface area contributed by atoms with Gasteiger partial charge in [-0.2, -0.15) is 0 Å². The number of carbonyl (C=O) groups is 2. The molecule has 1 aromatic heterocycles. The van der Waals surface area contributed by atoms with Crippen molar-refractivity contribution < 1.29 is 23.1 Å². The third-order valence-corrected chi connectivity index (χ3v) is 7.76. The molecule has 39 heavy (non-hydrogen) atoms. The number of nitrogens with zero attached hydrogens (tertiary/aromatic N) is 2. The van der Waals surface area contributed by atoms with Crippen LogP contribution in [-0.4, -0.2) is 41.6 Å². The van der Waals surface area contributed by atoms with Gasteiger partial charge in [0.15, 0.2) is 0 Å². The predicted molar refractivity (Wildman–Crippen MR) is 150 cm³/mol. The Hall–Kier alpha value is -4.18. The summed E-state index contributed by atoms with van der Waals surface area (Å²) in [6.45, 7) is 4.75. The summed E-state index contributed by atoms with van der Waals surface area (Å²) in [5, 5.41) is 12.3. The van der Waals surface area contributed by atoms with Gasteiger partial charge in [-0.15, -0.1) is 0 Å². The van der Waals surface area contributed by atoms with Crippen LogP contribution in [0.15, 0.2) is 71.6 Å². The molecule has 4 rings (SSSR count). The molecule has 0 fully saturated rings. The number of carbonyl (C=O) groups excluding carboxylic acids is 1. The molecule has 4 aromatic rings. The van der Waals surface area contributed by atoms with Crippen LogP contribution in [0.2, 0.25) is 0 Å². The molecule has 0 saturated carbocycles. The zero-order valence-corrected chi connectivity index (χ0v) is 22.8. The second-order valence-corrected chi connectivity index (χ2v) is 10.9. The monoisotopic (exact) mass is 548 g/mol. The van der Waals surface area contributed by atoms with Crippen LogP contribution < -0.4 is 10.0 Å². The zero-order chi connectivity index (χ0) is 28.0. The molecule has 0 aliphatic rings. The molecule has 0 atom stereocenters. The number of para-hydroxylation sites is 1. The van der Waals surface area contributed by atoms with E-state index in [1.54, 1.807) is 30.3 Å². The number of hydrogen-bond donors (Lipinski definition) is 3. The molecule has 9 nitrogen and oxygen atoms in total. The number of aromatic nitrogens is 2. The van der Waals surface area contributed by atoms with Gasteiger partial charge in [-0.05, 0) is 42.2 Å². The quantitative estimate of drug-likeness (QED) is 0.236. The highest BCUT2D eigenvalue weighted by molar-refractivity contribution is 7.90. The number of rotatable bonds is 11. The van der Waals surface area contributed by atoms with Gasteiger partial charge < -0.3 is 15.0 Å². The van der Waals surface area contributed by atoms with Crippen molar-refractivity contribution >= 4 is 33.1 Å². The third kappa shape index (κ3) is 6.28. The van der Waals surface area contributed by atoms with Crippen LogP contribution in [0.4, 0.5) is 4.79 Å². The van der Waals surface area contributed by atoms with Crippen molar-refractivity contribution in [2.45, 2.75) is 51.0 Å². The summed E-state index contributed by atoms with van der Waals surface area (Å²) in [6.07, 6.45) is 3.33. The number of hydrogen-bond acceptors (Lipinski definition) is 5. The molecule has 0 aliphatic heterocycles. The Labute approximate surface area is 227 Å². The molecular weight excluding hydrogens is 516 g/mol. The van der Waals surface area contributed by atoms with E-state index in [0.717, 1.165) is 30.7 Å². The van der Waals surface area contributed by atoms with Gasteiger partial charge in [0, 0.05) is 25.1 Å². The molecule has 3 N–H and O–H groups in total. The summed E-state index contributed by atoms with van der Waals surface area (Å²) in [7, 11) is -4.10. The van der Waals surface area contributed by atoms with Gasteiger partial charge in [0.1, 0.15) is 5.82 Å². The number of aromatic carboxylic acids is 1. The van der Waals surface area contributed by atoms with E-state index in [9.17, 15) is 23.1 Å². The fourth-order valence-electron chi connectivity index (χ4n) is 4.47. The highest BCUT2D eigenvalue weighted by Gasteiger charge is 2.22. The maximum atomic E-state index is 13.0. The summed E-state index contributed by atoms with van der Waals surface area (Å²) < 4.78 is 30.0. The first-order chi connectivity index (χ1) is 18.7. The lowest BCUT2D eigenvalue weighted by molar-refractivity contribution is 0.0698. The van der Waals surface area contributed by atoms with E-state index < -0.39 is 22.0 Å². The van der Waals surface area contributed by atoms with Gasteiger partial charge >= 0.3 is 12.0 Å². The Morgan fingerprint density at radius 2 is 1.69 bits per heavy atom. The third-order valence-electron chi connectivity index (χ3n) is 6.37. The Kier molecular flexibility index (Phi) is 8.65. The smallest absolute Gasteiger partial charge is 0.337 e. The number of benzene rings is 3. The second-order valence-electron chi connectivity index (χ2n) is 9.25. The number of nitrogens with one attached hydrogen (secondary N) is 2. The SMILES string of the molecule is CCCCc1nc2cccc(C(=O)O)c2n1Cc1ccc(-c2ccccc2S(=O)(=O)NC(=O)NCCC)cc1. The van der Waals surface area contributed by atoms with E-state index in [0.29, 0.717) is 41.7 Å². The number of carboxylic acid groups (broad SMARTS) is 1. The minimum absolute atomic E-state index is 0.00189. The topological polar surface area (TPSA) is 130 Å². The summed E-state index contributed by atoms with van der Waals surface area (Å²) in [5.74, 6) is -0.178. The van der Waals surface area contributed by atoms with E-state index >= 15 is 0 Å². The zero-order valence-electron chi connectivity index (χ0n) is 22.0. The maximum Gasteiger partial charge on any atom is 0.337 e. The van der Waals surface area contributed by atoms with Crippen LogP contribution >= 0.6 is 0 Å². The minimum Gasteiger partial charge on any atom is -0.478 e. The lowest BCUT2D eigenvalue weighted by Crippen LogP contribution is -2.39. The van der Waals surface area contributed by atoms with E-state index in [1.807, 2.05) is 41.8 Å². The van der Waals surface area contributed by atoms with Gasteiger partial charge in [0.25, 0.3) is 10.0 Å². The van der Waals surface area contributed by atoms with Crippen LogP contribution in [0, 0.1) is 0 Å². The van der Waals surface area contributed by atoms with Crippen LogP contribution in [0.1, 0.15) is 54.9 Å². The van der Waals surface area contributed by atoms with Crippen LogP contribution in [0.25, 0.3) is 22.2 Å². The average Bonchev–Trinajstić information content (AvgIpc) is 3.28. The number of amides is 2. The Morgan fingerprint density at radius 1 is 0.949 bits per heavy atom. The standard InChI is InChI=1S/C29H32N4O5S/c1-3-5-13-26-31-24-11-8-10-23(28(34)35)27(24)33(26)19-20-14-16-21(17-15-20)22-9-6-7-12-25(22)39(37,38)32-29(36)30-18-4-2/h6-12,14-17H,3-5,13,18-19H2,1-2H3,(H,34,35)(H2,30,32,36). The summed E-state index contributed by atoms with van der Waals surface area (Å²) in [4.78, 5) is 28.7. The molecular formula is C29H32N4O5S. The molecule has 0 saturated heterocycles. The summed E-state index contributed by atoms with van der Waals surface area (Å²) in [6, 6.07) is 18.3. The van der Waals surface area contributed by atoms with Crippen LogP contribution in [0.5, 0.6) is 0 Å². The van der Waals surface area contributed by atoms with Crippen LogP contribution in [0.3, 0.4) is 0 Å². The Balaban J connectivity index is 1.66. The summed E-state index contributed by atoms with van der Waals surface area (Å²) >= 11 is 0. The van der Waals surface area contributed by atoms with E-state index in [4.69, 9.17) is 4.98 Å². The van der Waals surface area contributed by atoms with Crippen LogP contribution in [-0.2, 0) is 23.0 Å². The minimum atomic E-state index is -4.10. The fraction of sp³-hybridized carbons (Fsp3) is 0.276. The fourth-order valence-corrected chi connectivity index (χ4v) is 5.63. The first-order valence-electron chi connectivity index (χ1n) is 13.0. The molecule has 0 radical (unpaired) electrons. The molecule has 0 spiro atoms. The van der Waals surface area contributed by atoms with Gasteiger partial charge in [-0.1, -0.05) is 68.8 Å². The first kappa shape index (κ1) is 27.8. The molecule has 0 bridgehead atoms. The molecule has 0 unspecified atom stereocenters. The average molecular weight is 549 g/mol. The molecule has 0 aliphatic carbocycles. The van der Waals surface area contributed by atoms with E-state index in [2.05, 4.69) is 17.0 Å². The largest absolute Gasteiger partial charge is 0.478 e. The number of sulfonamides is 1. The first-order valence-corrected chi connectivity index (χ1v) is 14.4. The number of imidazole rings is 1. The van der Waals surface area contributed by atoms with Crippen molar-refractivity contribution in [3.8, 4) is 11.1 Å². The molecule has 2 amide bonds. The Morgan fingerprint density at radius 3 is 2.38 bits per heavy atom. The molecule has 10 heteroatoms. The van der Waals surface area contributed by atoms with Crippen molar-refractivity contribution in [3.05, 3.63) is 83.7 Å². The number of unbranched alkanes of at least 4 members (excludes halogenated alkanes) is 1. The van der Waals surface area contributed by atoms with Gasteiger partial charge in [-0.25, -0.2) is 27.7 Å². The lowest BCUT2D eigenvalue weighted by atomic mass is 10.0. The summed E-state index contributed by atoms with van der Waals surface area (Å²) in [5.41, 5.74) is 3.48. The van der Waals surface area contributed by atoms with Crippen molar-refractivity contribution in [3.63, 3.8) is 0 Å². The second kappa shape index (κ2) is 12.1. The number of urea groups is 1. The highest BCUT2D eigenvalue weighted by Crippen LogP contribution is 2.29. The number of carboxylic acids is 1. The Bertz CT molecular complexity index is 1590. The van der Waals surface area contributed by atoms with Crippen molar-refractivity contribution in [2.75, 3.05) is 6.54 Å². The van der Waals surface area contributed by atoms with E-state index in [-0.39, 0.29) is 10.5 Å².